The van der Waals surface area contributed by atoms with Gasteiger partial charge >= 0.3 is 6.09 Å². The van der Waals surface area contributed by atoms with Crippen LogP contribution in [-0.2, 0) is 19.6 Å². The molecular weight excluding hydrogens is 310 g/mol. The van der Waals surface area contributed by atoms with E-state index in [2.05, 4.69) is 0 Å². The van der Waals surface area contributed by atoms with Crippen molar-refractivity contribution in [1.29, 1.82) is 0 Å². The van der Waals surface area contributed by atoms with E-state index < -0.39 is 16.1 Å². The molecule has 2 aliphatic rings. The average Bonchev–Trinajstić information content (AvgIpc) is 2.96. The highest BCUT2D eigenvalue weighted by Crippen LogP contribution is 2.22. The van der Waals surface area contributed by atoms with Crippen molar-refractivity contribution in [2.45, 2.75) is 25.8 Å². The largest absolute Gasteiger partial charge is 0.450 e. The van der Waals surface area contributed by atoms with Crippen LogP contribution in [0.4, 0.5) is 4.79 Å². The van der Waals surface area contributed by atoms with Gasteiger partial charge in [0.25, 0.3) is 0 Å². The van der Waals surface area contributed by atoms with Gasteiger partial charge in [0, 0.05) is 32.7 Å². The Morgan fingerprint density at radius 2 is 1.68 bits per heavy atom. The van der Waals surface area contributed by atoms with Crippen molar-refractivity contribution in [1.82, 2.24) is 14.1 Å². The van der Waals surface area contributed by atoms with Crippen molar-refractivity contribution >= 4 is 22.0 Å². The molecule has 0 aromatic heterocycles. The number of ether oxygens (including phenoxy) is 1. The number of amides is 2. The zero-order valence-electron chi connectivity index (χ0n) is 13.0. The fourth-order valence-corrected chi connectivity index (χ4v) is 4.04. The van der Waals surface area contributed by atoms with Crippen LogP contribution in [0.2, 0.25) is 0 Å². The summed E-state index contributed by atoms with van der Waals surface area (Å²) in [6.45, 7) is 4.11. The monoisotopic (exact) mass is 333 g/mol. The summed E-state index contributed by atoms with van der Waals surface area (Å²) < 4.78 is 29.7. The zero-order chi connectivity index (χ0) is 16.3. The number of sulfonamides is 1. The standard InChI is InChI=1S/C13H23N3O5S/c1-3-21-13(18)15-9-7-14(8-10-15)12(17)11-5-4-6-16(11)22(2,19)20/h11H,3-10H2,1-2H3. The number of carbonyl (C=O) groups is 2. The Kier molecular flexibility index (Phi) is 5.28. The lowest BCUT2D eigenvalue weighted by Crippen LogP contribution is -2.55. The molecule has 0 radical (unpaired) electrons. The molecule has 2 heterocycles. The second-order valence-electron chi connectivity index (χ2n) is 5.54. The zero-order valence-corrected chi connectivity index (χ0v) is 13.8. The molecule has 0 aliphatic carbocycles. The number of hydrogen-bond acceptors (Lipinski definition) is 5. The topological polar surface area (TPSA) is 87.2 Å². The van der Waals surface area contributed by atoms with Crippen LogP contribution in [0, 0.1) is 0 Å². The van der Waals surface area contributed by atoms with E-state index in [4.69, 9.17) is 4.74 Å². The molecule has 0 aromatic carbocycles. The predicted molar refractivity (Wildman–Crippen MR) is 79.7 cm³/mol. The first-order valence-corrected chi connectivity index (χ1v) is 9.36. The maximum atomic E-state index is 12.5. The normalized spacial score (nSPS) is 23.6. The molecule has 0 N–H and O–H groups in total. The van der Waals surface area contributed by atoms with E-state index in [9.17, 15) is 18.0 Å². The third kappa shape index (κ3) is 3.70. The van der Waals surface area contributed by atoms with Crippen molar-refractivity contribution in [2.24, 2.45) is 0 Å². The molecule has 1 atom stereocenters. The number of nitrogens with zero attached hydrogens (tertiary/aromatic N) is 3. The molecule has 1 unspecified atom stereocenters. The first kappa shape index (κ1) is 17.0. The van der Waals surface area contributed by atoms with Gasteiger partial charge in [-0.2, -0.15) is 4.31 Å². The van der Waals surface area contributed by atoms with Gasteiger partial charge in [-0.15, -0.1) is 0 Å². The van der Waals surface area contributed by atoms with E-state index in [0.29, 0.717) is 52.2 Å². The molecule has 0 bridgehead atoms. The predicted octanol–water partition coefficient (Wildman–Crippen LogP) is -0.289. The van der Waals surface area contributed by atoms with Crippen molar-refractivity contribution in [2.75, 3.05) is 45.6 Å². The van der Waals surface area contributed by atoms with Crippen LogP contribution in [0.5, 0.6) is 0 Å². The second kappa shape index (κ2) is 6.82. The van der Waals surface area contributed by atoms with Crippen LogP contribution in [-0.4, -0.2) is 86.2 Å². The maximum Gasteiger partial charge on any atom is 0.409 e. The number of carbonyl (C=O) groups excluding carboxylic acids is 2. The van der Waals surface area contributed by atoms with Crippen LogP contribution in [0.3, 0.4) is 0 Å². The maximum absolute atomic E-state index is 12.5. The van der Waals surface area contributed by atoms with Crippen LogP contribution < -0.4 is 0 Å². The van der Waals surface area contributed by atoms with Crippen LogP contribution >= 0.6 is 0 Å². The minimum atomic E-state index is -3.37. The third-order valence-electron chi connectivity index (χ3n) is 4.03. The Labute approximate surface area is 131 Å². The summed E-state index contributed by atoms with van der Waals surface area (Å²) in [6.07, 6.45) is 2.03. The molecule has 0 aromatic rings. The summed E-state index contributed by atoms with van der Waals surface area (Å²) in [6, 6.07) is -0.593. The fraction of sp³-hybridized carbons (Fsp3) is 0.846. The quantitative estimate of drug-likeness (QED) is 0.708. The summed E-state index contributed by atoms with van der Waals surface area (Å²) in [5, 5.41) is 0. The lowest BCUT2D eigenvalue weighted by atomic mass is 10.2. The van der Waals surface area contributed by atoms with E-state index in [1.54, 1.807) is 16.7 Å². The summed E-state index contributed by atoms with van der Waals surface area (Å²) in [5.41, 5.74) is 0. The van der Waals surface area contributed by atoms with Gasteiger partial charge in [-0.25, -0.2) is 13.2 Å². The molecule has 0 saturated carbocycles. The molecule has 8 nitrogen and oxygen atoms in total. The van der Waals surface area contributed by atoms with Crippen LogP contribution in [0.15, 0.2) is 0 Å². The first-order chi connectivity index (χ1) is 10.3. The molecule has 2 aliphatic heterocycles. The Hall–Kier alpha value is -1.35. The lowest BCUT2D eigenvalue weighted by Gasteiger charge is -2.36. The fourth-order valence-electron chi connectivity index (χ4n) is 2.92. The minimum Gasteiger partial charge on any atom is -0.450 e. The smallest absolute Gasteiger partial charge is 0.409 e. The van der Waals surface area contributed by atoms with Crippen LogP contribution in [0.1, 0.15) is 19.8 Å². The molecule has 126 valence electrons. The Bertz CT molecular complexity index is 528. The summed E-state index contributed by atoms with van der Waals surface area (Å²) >= 11 is 0. The third-order valence-corrected chi connectivity index (χ3v) is 5.32. The number of piperazine rings is 1. The minimum absolute atomic E-state index is 0.161. The molecule has 0 spiro atoms. The Morgan fingerprint density at radius 3 is 2.23 bits per heavy atom. The molecule has 2 rings (SSSR count). The van der Waals surface area contributed by atoms with Crippen molar-refractivity contribution in [3.05, 3.63) is 0 Å². The van der Waals surface area contributed by atoms with Crippen molar-refractivity contribution < 1.29 is 22.7 Å². The van der Waals surface area contributed by atoms with Gasteiger partial charge in [-0.1, -0.05) is 0 Å². The van der Waals surface area contributed by atoms with E-state index >= 15 is 0 Å². The summed E-state index contributed by atoms with van der Waals surface area (Å²) in [4.78, 5) is 27.4. The first-order valence-electron chi connectivity index (χ1n) is 7.52. The molecule has 22 heavy (non-hydrogen) atoms. The van der Waals surface area contributed by atoms with Crippen LogP contribution in [0.25, 0.3) is 0 Å². The molecule has 2 amide bonds. The van der Waals surface area contributed by atoms with Gasteiger partial charge in [0.2, 0.25) is 15.9 Å². The van der Waals surface area contributed by atoms with E-state index in [0.717, 1.165) is 6.26 Å². The number of rotatable bonds is 3. The molecular formula is C13H23N3O5S. The molecule has 2 saturated heterocycles. The molecule has 9 heteroatoms. The highest BCUT2D eigenvalue weighted by Gasteiger charge is 2.39. The van der Waals surface area contributed by atoms with Gasteiger partial charge in [-0.05, 0) is 19.8 Å². The molecule has 2 fully saturated rings. The Balaban J connectivity index is 1.94. The highest BCUT2D eigenvalue weighted by atomic mass is 32.2. The highest BCUT2D eigenvalue weighted by molar-refractivity contribution is 7.88. The van der Waals surface area contributed by atoms with E-state index in [-0.39, 0.29) is 12.0 Å². The SMILES string of the molecule is CCOC(=O)N1CCN(C(=O)C2CCCN2S(C)(=O)=O)CC1. The van der Waals surface area contributed by atoms with Gasteiger partial charge < -0.3 is 14.5 Å². The van der Waals surface area contributed by atoms with E-state index in [1.165, 1.54) is 4.31 Å². The number of hydrogen-bond donors (Lipinski definition) is 0. The van der Waals surface area contributed by atoms with E-state index in [1.807, 2.05) is 0 Å². The van der Waals surface area contributed by atoms with Gasteiger partial charge in [-0.3, -0.25) is 4.79 Å². The van der Waals surface area contributed by atoms with Crippen molar-refractivity contribution in [3.8, 4) is 0 Å². The summed E-state index contributed by atoms with van der Waals surface area (Å²) in [7, 11) is -3.37. The lowest BCUT2D eigenvalue weighted by molar-refractivity contribution is -0.136. The van der Waals surface area contributed by atoms with Gasteiger partial charge in [0.1, 0.15) is 6.04 Å². The van der Waals surface area contributed by atoms with Gasteiger partial charge in [0.15, 0.2) is 0 Å². The summed E-state index contributed by atoms with van der Waals surface area (Å²) in [5.74, 6) is -0.161. The van der Waals surface area contributed by atoms with Crippen molar-refractivity contribution in [3.63, 3.8) is 0 Å². The Morgan fingerprint density at radius 1 is 1.09 bits per heavy atom. The second-order valence-corrected chi connectivity index (χ2v) is 7.48. The van der Waals surface area contributed by atoms with Gasteiger partial charge in [0.05, 0.1) is 12.9 Å². The average molecular weight is 333 g/mol.